The minimum Gasteiger partial charge on any atom is -0.357 e. The van der Waals surface area contributed by atoms with Crippen molar-refractivity contribution in [1.29, 1.82) is 0 Å². The highest BCUT2D eigenvalue weighted by Crippen LogP contribution is 2.21. The summed E-state index contributed by atoms with van der Waals surface area (Å²) in [5, 5.41) is 10.4. The second kappa shape index (κ2) is 11.1. The Morgan fingerprint density at radius 1 is 1.17 bits per heavy atom. The molecule has 1 aromatic carbocycles. The lowest BCUT2D eigenvalue weighted by Crippen LogP contribution is -2.41. The molecule has 0 aliphatic heterocycles. The zero-order chi connectivity index (χ0) is 17.1. The maximum atomic E-state index is 10.8. The molecule has 1 rings (SSSR count). The Labute approximate surface area is 147 Å². The summed E-state index contributed by atoms with van der Waals surface area (Å²) in [6.45, 7) is 6.19. The van der Waals surface area contributed by atoms with Crippen LogP contribution in [0.25, 0.3) is 0 Å². The van der Waals surface area contributed by atoms with Gasteiger partial charge in [0, 0.05) is 43.1 Å². The highest BCUT2D eigenvalue weighted by molar-refractivity contribution is 6.35. The van der Waals surface area contributed by atoms with Crippen LogP contribution < -0.4 is 16.0 Å². The molecule has 1 amide bonds. The van der Waals surface area contributed by atoms with Crippen LogP contribution >= 0.6 is 23.2 Å². The van der Waals surface area contributed by atoms with E-state index in [2.05, 4.69) is 20.9 Å². The predicted molar refractivity (Wildman–Crippen MR) is 97.4 cm³/mol. The molecule has 0 spiro atoms. The monoisotopic (exact) mass is 358 g/mol. The number of benzene rings is 1. The Bertz CT molecular complexity index is 535. The van der Waals surface area contributed by atoms with E-state index in [1.54, 1.807) is 6.07 Å². The highest BCUT2D eigenvalue weighted by Gasteiger charge is 2.01. The minimum atomic E-state index is -0.0337. The molecular weight excluding hydrogens is 335 g/mol. The first-order valence-corrected chi connectivity index (χ1v) is 8.49. The summed E-state index contributed by atoms with van der Waals surface area (Å²) in [5.41, 5.74) is 1.08. The van der Waals surface area contributed by atoms with Crippen molar-refractivity contribution in [3.8, 4) is 0 Å². The van der Waals surface area contributed by atoms with Gasteiger partial charge in [0.2, 0.25) is 5.91 Å². The van der Waals surface area contributed by atoms with Crippen LogP contribution in [-0.2, 0) is 11.2 Å². The van der Waals surface area contributed by atoms with E-state index in [-0.39, 0.29) is 5.91 Å². The summed E-state index contributed by atoms with van der Waals surface area (Å²) < 4.78 is 0. The molecule has 0 aromatic heterocycles. The van der Waals surface area contributed by atoms with Gasteiger partial charge in [0.25, 0.3) is 0 Å². The molecule has 7 heteroatoms. The van der Waals surface area contributed by atoms with Crippen LogP contribution in [0.4, 0.5) is 0 Å². The second-order valence-corrected chi connectivity index (χ2v) is 5.85. The third-order valence-corrected chi connectivity index (χ3v) is 3.61. The molecular formula is C16H24Cl2N4O. The van der Waals surface area contributed by atoms with Crippen molar-refractivity contribution >= 4 is 35.1 Å². The van der Waals surface area contributed by atoms with Gasteiger partial charge in [0.15, 0.2) is 5.96 Å². The van der Waals surface area contributed by atoms with Crippen LogP contribution in [0.15, 0.2) is 23.2 Å². The smallest absolute Gasteiger partial charge is 0.216 e. The highest BCUT2D eigenvalue weighted by atomic mass is 35.5. The van der Waals surface area contributed by atoms with Gasteiger partial charge in [0.1, 0.15) is 0 Å². The maximum absolute atomic E-state index is 10.8. The summed E-state index contributed by atoms with van der Waals surface area (Å²) in [4.78, 5) is 15.3. The molecule has 5 nitrogen and oxygen atoms in total. The number of amides is 1. The number of hydrogen-bond donors (Lipinski definition) is 3. The zero-order valence-electron chi connectivity index (χ0n) is 13.6. The zero-order valence-corrected chi connectivity index (χ0v) is 15.1. The summed E-state index contributed by atoms with van der Waals surface area (Å²) in [7, 11) is 0. The summed E-state index contributed by atoms with van der Waals surface area (Å²) in [6.07, 6.45) is 1.74. The molecule has 0 fully saturated rings. The Kier molecular flexibility index (Phi) is 9.48. The molecule has 3 N–H and O–H groups in total. The van der Waals surface area contributed by atoms with Gasteiger partial charge in [-0.2, -0.15) is 0 Å². The largest absolute Gasteiger partial charge is 0.357 e. The lowest BCUT2D eigenvalue weighted by Gasteiger charge is -2.11. The second-order valence-electron chi connectivity index (χ2n) is 5.01. The third-order valence-electron chi connectivity index (χ3n) is 3.02. The van der Waals surface area contributed by atoms with Gasteiger partial charge in [0.05, 0.1) is 0 Å². The number of nitrogens with zero attached hydrogens (tertiary/aromatic N) is 1. The molecule has 0 atom stereocenters. The molecule has 0 saturated heterocycles. The molecule has 0 saturated carbocycles. The van der Waals surface area contributed by atoms with Crippen molar-refractivity contribution in [2.75, 3.05) is 26.2 Å². The Balaban J connectivity index is 2.36. The van der Waals surface area contributed by atoms with Crippen molar-refractivity contribution in [2.24, 2.45) is 4.99 Å². The molecule has 0 bridgehead atoms. The number of hydrogen-bond acceptors (Lipinski definition) is 2. The quantitative estimate of drug-likeness (QED) is 0.380. The van der Waals surface area contributed by atoms with Crippen molar-refractivity contribution < 1.29 is 4.79 Å². The van der Waals surface area contributed by atoms with Crippen molar-refractivity contribution in [3.63, 3.8) is 0 Å². The molecule has 128 valence electrons. The number of nitrogens with one attached hydrogen (secondary N) is 3. The summed E-state index contributed by atoms with van der Waals surface area (Å²) >= 11 is 12.0. The number of guanidine groups is 1. The normalized spacial score (nSPS) is 11.2. The number of halogens is 2. The van der Waals surface area contributed by atoms with E-state index >= 15 is 0 Å². The fourth-order valence-electron chi connectivity index (χ4n) is 1.95. The first-order chi connectivity index (χ1) is 11.0. The molecule has 23 heavy (non-hydrogen) atoms. The number of carbonyl (C=O) groups excluding carboxylic acids is 1. The molecule has 0 heterocycles. The van der Waals surface area contributed by atoms with Crippen molar-refractivity contribution in [2.45, 2.75) is 26.7 Å². The topological polar surface area (TPSA) is 65.5 Å². The van der Waals surface area contributed by atoms with E-state index in [0.717, 1.165) is 30.9 Å². The summed E-state index contributed by atoms with van der Waals surface area (Å²) in [6, 6.07) is 5.56. The van der Waals surface area contributed by atoms with Gasteiger partial charge in [-0.1, -0.05) is 29.3 Å². The lowest BCUT2D eigenvalue weighted by molar-refractivity contribution is -0.118. The van der Waals surface area contributed by atoms with E-state index in [9.17, 15) is 4.79 Å². The minimum absolute atomic E-state index is 0.0337. The fraction of sp³-hybridized carbons (Fsp3) is 0.500. The average Bonchev–Trinajstić information content (AvgIpc) is 2.49. The van der Waals surface area contributed by atoms with Crippen LogP contribution in [0.3, 0.4) is 0 Å². The molecule has 0 radical (unpaired) electrons. The van der Waals surface area contributed by atoms with Crippen molar-refractivity contribution in [3.05, 3.63) is 33.8 Å². The Morgan fingerprint density at radius 3 is 2.57 bits per heavy atom. The van der Waals surface area contributed by atoms with Gasteiger partial charge < -0.3 is 16.0 Å². The number of aryl methyl sites for hydroxylation is 1. The van der Waals surface area contributed by atoms with Gasteiger partial charge in [-0.25, -0.2) is 0 Å². The molecule has 0 aliphatic rings. The molecule has 1 aromatic rings. The standard InChI is InChI=1S/C16H24Cl2N4O/c1-3-19-16(22-10-9-20-12(2)23)21-8-4-5-13-6-7-14(17)11-15(13)18/h6-7,11H,3-5,8-10H2,1-2H3,(H,20,23)(H2,19,21,22). The Morgan fingerprint density at radius 2 is 1.91 bits per heavy atom. The van der Waals surface area contributed by atoms with Crippen LogP contribution in [0.5, 0.6) is 0 Å². The van der Waals surface area contributed by atoms with Gasteiger partial charge in [-0.3, -0.25) is 9.79 Å². The van der Waals surface area contributed by atoms with Crippen LogP contribution in [-0.4, -0.2) is 38.0 Å². The fourth-order valence-corrected chi connectivity index (χ4v) is 2.45. The first kappa shape index (κ1) is 19.6. The average molecular weight is 359 g/mol. The van der Waals surface area contributed by atoms with E-state index in [1.807, 2.05) is 19.1 Å². The third kappa shape index (κ3) is 8.67. The Hall–Kier alpha value is -1.46. The van der Waals surface area contributed by atoms with E-state index in [0.29, 0.717) is 29.7 Å². The SMILES string of the molecule is CCNC(=NCCCc1ccc(Cl)cc1Cl)NCCNC(C)=O. The predicted octanol–water partition coefficient (Wildman–Crippen LogP) is 2.62. The van der Waals surface area contributed by atoms with Crippen LogP contribution in [0.2, 0.25) is 10.0 Å². The number of rotatable bonds is 8. The number of carbonyl (C=O) groups is 1. The van der Waals surface area contributed by atoms with Crippen molar-refractivity contribution in [1.82, 2.24) is 16.0 Å². The van der Waals surface area contributed by atoms with Crippen LogP contribution in [0, 0.1) is 0 Å². The number of aliphatic imine (C=N–C) groups is 1. The van der Waals surface area contributed by atoms with E-state index in [4.69, 9.17) is 23.2 Å². The van der Waals surface area contributed by atoms with Gasteiger partial charge in [-0.15, -0.1) is 0 Å². The van der Waals surface area contributed by atoms with Gasteiger partial charge in [-0.05, 0) is 37.5 Å². The van der Waals surface area contributed by atoms with Crippen LogP contribution in [0.1, 0.15) is 25.8 Å². The first-order valence-electron chi connectivity index (χ1n) is 7.73. The van der Waals surface area contributed by atoms with E-state index < -0.39 is 0 Å². The van der Waals surface area contributed by atoms with Gasteiger partial charge >= 0.3 is 0 Å². The lowest BCUT2D eigenvalue weighted by atomic mass is 10.1. The molecule has 0 unspecified atom stereocenters. The molecule has 0 aliphatic carbocycles. The van der Waals surface area contributed by atoms with E-state index in [1.165, 1.54) is 6.92 Å². The summed E-state index contributed by atoms with van der Waals surface area (Å²) in [5.74, 6) is 0.716. The maximum Gasteiger partial charge on any atom is 0.216 e.